The van der Waals surface area contributed by atoms with Crippen LogP contribution in [0.25, 0.3) is 0 Å². The number of benzene rings is 1. The highest BCUT2D eigenvalue weighted by molar-refractivity contribution is 6.33. The number of nitrogens with one attached hydrogen (secondary N) is 2. The number of halogens is 1. The number of nitrogens with zero attached hydrogens (tertiary/aromatic N) is 1. The number of hydrogen-bond donors (Lipinski definition) is 2. The zero-order valence-electron chi connectivity index (χ0n) is 11.6. The molecular weight excluding hydrogens is 290 g/mol. The highest BCUT2D eigenvalue weighted by atomic mass is 35.5. The minimum Gasteiger partial charge on any atom is -0.481 e. The first kappa shape index (κ1) is 15.3. The van der Waals surface area contributed by atoms with E-state index in [9.17, 15) is 4.79 Å². The molecule has 1 aromatic heterocycles. The third kappa shape index (κ3) is 4.44. The van der Waals surface area contributed by atoms with E-state index in [0.717, 1.165) is 5.56 Å². The summed E-state index contributed by atoms with van der Waals surface area (Å²) in [4.78, 5) is 15.9. The normalized spacial score (nSPS) is 10.2. The molecule has 110 valence electrons. The van der Waals surface area contributed by atoms with E-state index < -0.39 is 0 Å². The third-order valence-corrected chi connectivity index (χ3v) is 3.12. The Labute approximate surface area is 128 Å². The van der Waals surface area contributed by atoms with Gasteiger partial charge in [0.2, 0.25) is 11.8 Å². The molecule has 0 spiro atoms. The van der Waals surface area contributed by atoms with Gasteiger partial charge in [0, 0.05) is 18.3 Å². The average Bonchev–Trinajstić information content (AvgIpc) is 2.50. The zero-order chi connectivity index (χ0) is 15.1. The molecule has 0 radical (unpaired) electrons. The molecule has 0 aliphatic heterocycles. The second kappa shape index (κ2) is 7.61. The standard InChI is InChI=1S/C15H16ClN3O2/c1-21-15-11(5-4-8-18-15)9-17-10-14(20)19-13-7-3-2-6-12(13)16/h2-8,17H,9-10H2,1H3,(H,19,20). The smallest absolute Gasteiger partial charge is 0.238 e. The fourth-order valence-corrected chi connectivity index (χ4v) is 1.99. The van der Waals surface area contributed by atoms with Gasteiger partial charge < -0.3 is 15.4 Å². The number of carbonyl (C=O) groups excluding carboxylic acids is 1. The fourth-order valence-electron chi connectivity index (χ4n) is 1.81. The van der Waals surface area contributed by atoms with Crippen molar-refractivity contribution in [1.29, 1.82) is 0 Å². The van der Waals surface area contributed by atoms with Crippen molar-refractivity contribution in [3.05, 3.63) is 53.2 Å². The predicted octanol–water partition coefficient (Wildman–Crippen LogP) is 2.47. The molecule has 1 heterocycles. The van der Waals surface area contributed by atoms with Crippen LogP contribution in [0.5, 0.6) is 5.88 Å². The van der Waals surface area contributed by atoms with Crippen molar-refractivity contribution in [2.24, 2.45) is 0 Å². The van der Waals surface area contributed by atoms with E-state index in [0.29, 0.717) is 23.1 Å². The number of ether oxygens (including phenoxy) is 1. The quantitative estimate of drug-likeness (QED) is 0.860. The summed E-state index contributed by atoms with van der Waals surface area (Å²) in [6.45, 7) is 0.663. The molecule has 0 fully saturated rings. The number of carbonyl (C=O) groups is 1. The number of para-hydroxylation sites is 1. The minimum absolute atomic E-state index is 0.161. The van der Waals surface area contributed by atoms with Gasteiger partial charge in [0.25, 0.3) is 0 Å². The Hall–Kier alpha value is -2.11. The van der Waals surface area contributed by atoms with Crippen molar-refractivity contribution in [2.45, 2.75) is 6.54 Å². The molecule has 1 amide bonds. The molecule has 1 aromatic carbocycles. The van der Waals surface area contributed by atoms with Gasteiger partial charge in [0.15, 0.2) is 0 Å². The van der Waals surface area contributed by atoms with Gasteiger partial charge in [0.05, 0.1) is 24.4 Å². The monoisotopic (exact) mass is 305 g/mol. The first-order valence-corrected chi connectivity index (χ1v) is 6.81. The second-order valence-corrected chi connectivity index (χ2v) is 4.71. The van der Waals surface area contributed by atoms with E-state index in [1.54, 1.807) is 25.4 Å². The van der Waals surface area contributed by atoms with Crippen molar-refractivity contribution in [1.82, 2.24) is 10.3 Å². The van der Waals surface area contributed by atoms with Gasteiger partial charge in [-0.15, -0.1) is 0 Å². The first-order chi connectivity index (χ1) is 10.2. The van der Waals surface area contributed by atoms with Gasteiger partial charge in [-0.05, 0) is 18.2 Å². The Bertz CT molecular complexity index is 619. The molecular formula is C15H16ClN3O2. The number of hydrogen-bond acceptors (Lipinski definition) is 4. The number of methoxy groups -OCH3 is 1. The van der Waals surface area contributed by atoms with Crippen molar-refractivity contribution in [2.75, 3.05) is 19.0 Å². The Balaban J connectivity index is 1.83. The van der Waals surface area contributed by atoms with Crippen LogP contribution in [-0.2, 0) is 11.3 Å². The summed E-state index contributed by atoms with van der Waals surface area (Å²) in [5.74, 6) is 0.391. The van der Waals surface area contributed by atoms with Crippen LogP contribution in [0.3, 0.4) is 0 Å². The Morgan fingerprint density at radius 3 is 2.86 bits per heavy atom. The maximum absolute atomic E-state index is 11.8. The summed E-state index contributed by atoms with van der Waals surface area (Å²) < 4.78 is 5.15. The minimum atomic E-state index is -0.161. The van der Waals surface area contributed by atoms with Crippen LogP contribution in [0.2, 0.25) is 5.02 Å². The summed E-state index contributed by atoms with van der Waals surface area (Å²) in [6.07, 6.45) is 1.66. The Kier molecular flexibility index (Phi) is 5.54. The summed E-state index contributed by atoms with van der Waals surface area (Å²) >= 11 is 5.98. The van der Waals surface area contributed by atoms with Gasteiger partial charge in [-0.1, -0.05) is 29.8 Å². The van der Waals surface area contributed by atoms with Gasteiger partial charge in [-0.25, -0.2) is 4.98 Å². The van der Waals surface area contributed by atoms with Crippen molar-refractivity contribution < 1.29 is 9.53 Å². The van der Waals surface area contributed by atoms with E-state index >= 15 is 0 Å². The summed E-state index contributed by atoms with van der Waals surface area (Å²) in [7, 11) is 1.57. The summed E-state index contributed by atoms with van der Waals surface area (Å²) in [6, 6.07) is 10.8. The number of anilines is 1. The second-order valence-electron chi connectivity index (χ2n) is 4.30. The predicted molar refractivity (Wildman–Crippen MR) is 82.6 cm³/mol. The fraction of sp³-hybridized carbons (Fsp3) is 0.200. The molecule has 6 heteroatoms. The molecule has 2 N–H and O–H groups in total. The average molecular weight is 306 g/mol. The van der Waals surface area contributed by atoms with Gasteiger partial charge in [-0.3, -0.25) is 4.79 Å². The summed E-state index contributed by atoms with van der Waals surface area (Å²) in [5.41, 5.74) is 1.50. The van der Waals surface area contributed by atoms with Gasteiger partial charge >= 0.3 is 0 Å². The Morgan fingerprint density at radius 2 is 2.10 bits per heavy atom. The highest BCUT2D eigenvalue weighted by Gasteiger charge is 2.06. The lowest BCUT2D eigenvalue weighted by atomic mass is 10.2. The van der Waals surface area contributed by atoms with Crippen LogP contribution in [0, 0.1) is 0 Å². The maximum atomic E-state index is 11.8. The lowest BCUT2D eigenvalue weighted by molar-refractivity contribution is -0.115. The van der Waals surface area contributed by atoms with Crippen LogP contribution in [-0.4, -0.2) is 24.5 Å². The number of amides is 1. The van der Waals surface area contributed by atoms with Crippen LogP contribution < -0.4 is 15.4 Å². The van der Waals surface area contributed by atoms with Crippen molar-refractivity contribution in [3.63, 3.8) is 0 Å². The van der Waals surface area contributed by atoms with E-state index in [1.165, 1.54) is 0 Å². The number of aromatic nitrogens is 1. The molecule has 5 nitrogen and oxygen atoms in total. The maximum Gasteiger partial charge on any atom is 0.238 e. The first-order valence-electron chi connectivity index (χ1n) is 6.43. The van der Waals surface area contributed by atoms with Crippen LogP contribution >= 0.6 is 11.6 Å². The lowest BCUT2D eigenvalue weighted by Crippen LogP contribution is -2.28. The molecule has 2 aromatic rings. The molecule has 0 saturated heterocycles. The molecule has 0 aliphatic rings. The zero-order valence-corrected chi connectivity index (χ0v) is 12.4. The van der Waals surface area contributed by atoms with Crippen LogP contribution in [0.15, 0.2) is 42.6 Å². The molecule has 21 heavy (non-hydrogen) atoms. The number of rotatable bonds is 6. The van der Waals surface area contributed by atoms with E-state index in [1.807, 2.05) is 24.3 Å². The largest absolute Gasteiger partial charge is 0.481 e. The highest BCUT2D eigenvalue weighted by Crippen LogP contribution is 2.20. The summed E-state index contributed by atoms with van der Waals surface area (Å²) in [5, 5.41) is 6.30. The topological polar surface area (TPSA) is 63.2 Å². The number of pyridine rings is 1. The molecule has 0 unspecified atom stereocenters. The molecule has 0 saturated carbocycles. The third-order valence-electron chi connectivity index (χ3n) is 2.79. The molecule has 0 bridgehead atoms. The van der Waals surface area contributed by atoms with E-state index in [2.05, 4.69) is 15.6 Å². The van der Waals surface area contributed by atoms with Gasteiger partial charge in [0.1, 0.15) is 0 Å². The van der Waals surface area contributed by atoms with E-state index in [-0.39, 0.29) is 12.5 Å². The molecule has 2 rings (SSSR count). The SMILES string of the molecule is COc1ncccc1CNCC(=O)Nc1ccccc1Cl. The molecule has 0 aliphatic carbocycles. The van der Waals surface area contributed by atoms with Crippen LogP contribution in [0.1, 0.15) is 5.56 Å². The Morgan fingerprint density at radius 1 is 1.29 bits per heavy atom. The van der Waals surface area contributed by atoms with Crippen molar-refractivity contribution in [3.8, 4) is 5.88 Å². The van der Waals surface area contributed by atoms with Crippen molar-refractivity contribution >= 4 is 23.2 Å². The van der Waals surface area contributed by atoms with Crippen LogP contribution in [0.4, 0.5) is 5.69 Å². The van der Waals surface area contributed by atoms with E-state index in [4.69, 9.17) is 16.3 Å². The molecule has 0 atom stereocenters. The van der Waals surface area contributed by atoms with Gasteiger partial charge in [-0.2, -0.15) is 0 Å². The lowest BCUT2D eigenvalue weighted by Gasteiger charge is -2.09.